The Labute approximate surface area is 718 Å². The minimum Gasteiger partial charge on any atom is -0.481 e. The summed E-state index contributed by atoms with van der Waals surface area (Å²) in [5.41, 5.74) is 33.3. The van der Waals surface area contributed by atoms with Gasteiger partial charge in [0.25, 0.3) is 0 Å². The van der Waals surface area contributed by atoms with Gasteiger partial charge in [-0.2, -0.15) is 0 Å². The number of aromatic amines is 6. The molecule has 9 aliphatic heterocycles. The van der Waals surface area contributed by atoms with Gasteiger partial charge in [0.2, 0.25) is 0 Å². The number of aliphatic imine (C=N–C) groups is 6. The van der Waals surface area contributed by atoms with Crippen LogP contribution in [0.15, 0.2) is 114 Å². The molecule has 6 aromatic rings. The van der Waals surface area contributed by atoms with E-state index in [1.54, 1.807) is 0 Å². The van der Waals surface area contributed by atoms with Crippen LogP contribution in [-0.4, -0.2) is 144 Å². The largest absolute Gasteiger partial charge is 0.481 e. The molecule has 25 nitrogen and oxygen atoms in total. The zero-order valence-corrected chi connectivity index (χ0v) is 74.0. The highest BCUT2D eigenvalue weighted by molar-refractivity contribution is 6.27. The van der Waals surface area contributed by atoms with E-state index in [1.807, 2.05) is 97.9 Å². The van der Waals surface area contributed by atoms with Gasteiger partial charge in [0, 0.05) is 141 Å². The van der Waals surface area contributed by atoms with E-state index in [0.29, 0.717) is 69.5 Å². The smallest absolute Gasteiger partial charge is 0.306 e. The molecular weight excluding hydrogens is 1570 g/mol. The Morgan fingerprint density at radius 1 is 0.331 bits per heavy atom. The predicted octanol–water partition coefficient (Wildman–Crippen LogP) is 13.5. The standard InChI is InChI=1S/C99H110N12O13/c1-43-46(4)70-37-88-97(55(13)79(109-88)34-76-51(9)63(21-27-93(116)117)84(106-76)40-82-61(19-25-91(112)113)49(7)73(103-82)31-67(43)100-70)58(16)123-59(17)98-56(14)80-35-77-53(11)65(23-29-95(120)121)86(108-77)42-87-66(54(12)75(105-87)33-69-44(2)47(5)71(101-69)38-89(98)110-80)24-30-96(122)124-60(18)99-57(15)81-36-78-52(10)64(22-28-94(118)119)85(107-78)41-83-62(20-26-92(114)115)50(8)74(104-83)32-68-45(3)48(6)72(102-68)39-90(99)111-81/h31-36,40-42,58-60,70-72,103-105,109-111H,19-30,37-39H2,1-18H3,(H,112,113)(H,114,115)(H,116,117)(H,118,119)(H,120,121)/b73-31-,74-32-,75-33+,76-34-,77-35-,78-36-,82-40-,83-41-,87-42-. The van der Waals surface area contributed by atoms with Crippen molar-refractivity contribution in [3.05, 3.63) is 217 Å². The van der Waals surface area contributed by atoms with Crippen molar-refractivity contribution in [2.45, 2.75) is 257 Å². The predicted molar refractivity (Wildman–Crippen MR) is 485 cm³/mol. The topological polar surface area (TPSA) is 391 Å². The normalized spacial score (nSPS) is 22.1. The average molecular weight is 1680 g/mol. The number of ether oxygens (including phenoxy) is 2. The van der Waals surface area contributed by atoms with E-state index < -0.39 is 54.1 Å². The lowest BCUT2D eigenvalue weighted by molar-refractivity contribution is -0.148. The number of rotatable bonds is 24. The van der Waals surface area contributed by atoms with E-state index in [1.165, 1.54) is 0 Å². The summed E-state index contributed by atoms with van der Waals surface area (Å²) in [6, 6.07) is -0.785. The number of fused-ring (bicyclic) bond motifs is 18. The van der Waals surface area contributed by atoms with E-state index in [-0.39, 0.29) is 95.2 Å². The number of allylic oxidation sites excluding steroid dienone is 9. The number of aromatic nitrogens is 6. The van der Waals surface area contributed by atoms with Crippen molar-refractivity contribution in [2.24, 2.45) is 30.0 Å². The lowest BCUT2D eigenvalue weighted by Gasteiger charge is -2.23. The van der Waals surface area contributed by atoms with Crippen LogP contribution in [0.1, 0.15) is 260 Å². The third-order valence-electron chi connectivity index (χ3n) is 27.3. The molecule has 15 rings (SSSR count). The maximum absolute atomic E-state index is 14.9. The number of nitrogens with one attached hydrogen (secondary N) is 6. The van der Waals surface area contributed by atoms with Crippen molar-refractivity contribution in [3.8, 4) is 0 Å². The average Bonchev–Trinajstić information content (AvgIpc) is 1.61. The number of H-pyrrole nitrogens is 6. The molecule has 15 heterocycles. The summed E-state index contributed by atoms with van der Waals surface area (Å²) in [7, 11) is 0. The number of carbonyl (C=O) groups is 6. The summed E-state index contributed by atoms with van der Waals surface area (Å²) < 4.78 is 14.0. The van der Waals surface area contributed by atoms with Gasteiger partial charge in [0.1, 0.15) is 6.10 Å². The van der Waals surface area contributed by atoms with Crippen LogP contribution >= 0.6 is 0 Å². The van der Waals surface area contributed by atoms with Crippen molar-refractivity contribution < 1.29 is 63.8 Å². The van der Waals surface area contributed by atoms with Crippen molar-refractivity contribution in [1.82, 2.24) is 29.9 Å². The van der Waals surface area contributed by atoms with Gasteiger partial charge in [-0.3, -0.25) is 43.7 Å². The van der Waals surface area contributed by atoms with Crippen LogP contribution in [0.5, 0.6) is 0 Å². The highest BCUT2D eigenvalue weighted by atomic mass is 16.5. The number of carboxylic acids is 5. The van der Waals surface area contributed by atoms with Crippen LogP contribution in [0, 0.1) is 41.5 Å². The molecule has 0 aromatic carbocycles. The van der Waals surface area contributed by atoms with Crippen LogP contribution in [0.25, 0.3) is 54.7 Å². The molecule has 25 heteroatoms. The van der Waals surface area contributed by atoms with Crippen LogP contribution < -0.4 is 32.1 Å². The Morgan fingerprint density at radius 3 is 0.887 bits per heavy atom. The highest BCUT2D eigenvalue weighted by Crippen LogP contribution is 2.43. The van der Waals surface area contributed by atoms with Gasteiger partial charge in [-0.1, -0.05) is 0 Å². The maximum atomic E-state index is 14.9. The molecule has 0 saturated heterocycles. The SMILES string of the molecule is CC1=C(C)C2Cc3[nH]c(c(C)c3C(C)OC(=O)CCc3c(C)/c4[nH]/c3=C\C3=NC(=C\c5[nH]c(c(C(C)OC(C)c6c7[nH]c(c6C)/C=C6N=C(/C=c8\[nH]/c(c(C)c8CCC(=O)O)=C\C8=NC(C7)C(C)=C8C)C(CCC(=O)O)=C\6C)c5C)CC5N=C(/C=4)C(C)=C5C)/C(C)=C3CCC(=O)O)/C=C3N=C(/C=c4\[nH]/c(c(C)c4CCC(=O)O)=C\C1=N2)C(CCC(=O)O)=C\3C. The number of esters is 1. The number of hydrogen-bond acceptors (Lipinski definition) is 14. The van der Waals surface area contributed by atoms with Crippen molar-refractivity contribution in [1.29, 1.82) is 0 Å². The molecular formula is C99H110N12O13. The Balaban J connectivity index is 0.757. The fraction of sp³-hybridized carbons (Fsp3) is 0.394. The fourth-order valence-electron chi connectivity index (χ4n) is 19.5. The van der Waals surface area contributed by atoms with Gasteiger partial charge >= 0.3 is 35.8 Å². The molecule has 6 aromatic heterocycles. The third-order valence-corrected chi connectivity index (χ3v) is 27.3. The van der Waals surface area contributed by atoms with Crippen LogP contribution in [0.4, 0.5) is 0 Å². The number of carboxylic acid groups (broad SMARTS) is 5. The van der Waals surface area contributed by atoms with Crippen LogP contribution in [0.2, 0.25) is 0 Å². The molecule has 6 unspecified atom stereocenters. The van der Waals surface area contributed by atoms with Crippen LogP contribution in [-0.2, 0) is 76.8 Å². The van der Waals surface area contributed by atoms with E-state index in [0.717, 1.165) is 201 Å². The first-order valence-electron chi connectivity index (χ1n) is 43.0. The second-order valence-corrected chi connectivity index (χ2v) is 34.7. The minimum atomic E-state index is -0.947. The first-order chi connectivity index (χ1) is 58.9. The molecule has 0 aliphatic carbocycles. The van der Waals surface area contributed by atoms with Gasteiger partial charge in [-0.25, -0.2) is 15.0 Å². The van der Waals surface area contributed by atoms with Gasteiger partial charge in [0.15, 0.2) is 0 Å². The number of carbonyl (C=O) groups excluding carboxylic acids is 1. The Kier molecular flexibility index (Phi) is 23.8. The summed E-state index contributed by atoms with van der Waals surface area (Å²) in [5.74, 6) is -5.08. The maximum Gasteiger partial charge on any atom is 0.306 e. The quantitative estimate of drug-likeness (QED) is 0.0251. The molecule has 6 atom stereocenters. The summed E-state index contributed by atoms with van der Waals surface area (Å²) in [6.07, 6.45) is 18.7. The number of hydrogen-bond donors (Lipinski definition) is 11. The molecule has 0 amide bonds. The summed E-state index contributed by atoms with van der Waals surface area (Å²) >= 11 is 0. The second kappa shape index (κ2) is 34.2. The fourth-order valence-corrected chi connectivity index (χ4v) is 19.5. The van der Waals surface area contributed by atoms with Crippen molar-refractivity contribution in [2.75, 3.05) is 0 Å². The molecule has 124 heavy (non-hydrogen) atoms. The molecule has 644 valence electrons. The minimum absolute atomic E-state index is 0.000218. The lowest BCUT2D eigenvalue weighted by Crippen LogP contribution is -2.17. The van der Waals surface area contributed by atoms with E-state index >= 15 is 0 Å². The molecule has 9 aliphatic rings. The summed E-state index contributed by atoms with van der Waals surface area (Å²) in [6.45, 7) is 36.8. The number of aliphatic carboxylic acids is 5. The molecule has 0 fully saturated rings. The molecule has 0 radical (unpaired) electrons. The van der Waals surface area contributed by atoms with Gasteiger partial charge in [-0.15, -0.1) is 0 Å². The first-order valence-corrected chi connectivity index (χ1v) is 43.0. The Hall–Kier alpha value is -12.6. The summed E-state index contributed by atoms with van der Waals surface area (Å²) in [4.78, 5) is 130. The third kappa shape index (κ3) is 16.7. The zero-order chi connectivity index (χ0) is 88.8. The van der Waals surface area contributed by atoms with Gasteiger partial charge in [0.05, 0.1) is 81.7 Å². The van der Waals surface area contributed by atoms with E-state index in [9.17, 15) is 54.3 Å². The Morgan fingerprint density at radius 2 is 0.597 bits per heavy atom. The first kappa shape index (κ1) is 86.3. The van der Waals surface area contributed by atoms with Crippen LogP contribution in [0.3, 0.4) is 0 Å². The zero-order valence-electron chi connectivity index (χ0n) is 74.0. The monoisotopic (exact) mass is 1670 g/mol. The molecule has 0 saturated carbocycles. The second-order valence-electron chi connectivity index (χ2n) is 34.7. The van der Waals surface area contributed by atoms with Crippen molar-refractivity contribution in [3.63, 3.8) is 0 Å². The molecule has 24 bridgehead atoms. The molecule has 0 spiro atoms. The Bertz CT molecular complexity index is 6650. The van der Waals surface area contributed by atoms with Crippen molar-refractivity contribution >= 4 is 125 Å². The summed E-state index contributed by atoms with van der Waals surface area (Å²) in [5, 5.41) is 54.4. The van der Waals surface area contributed by atoms with Gasteiger partial charge in [-0.05, 0) is 335 Å². The lowest BCUT2D eigenvalue weighted by atomic mass is 9.95. The van der Waals surface area contributed by atoms with Gasteiger partial charge < -0.3 is 64.9 Å². The van der Waals surface area contributed by atoms with E-state index in [4.69, 9.17) is 39.4 Å². The molecule has 11 N–H and O–H groups in total. The number of nitrogens with zero attached hydrogens (tertiary/aromatic N) is 6. The highest BCUT2D eigenvalue weighted by Gasteiger charge is 2.36. The van der Waals surface area contributed by atoms with E-state index in [2.05, 4.69) is 111 Å².